The average Bonchev–Trinajstić information content (AvgIpc) is 2.27. The van der Waals surface area contributed by atoms with E-state index in [1.54, 1.807) is 0 Å². The largest absolute Gasteiger partial charge is 0.383 e. The van der Waals surface area contributed by atoms with Gasteiger partial charge in [0.05, 0.1) is 0 Å². The second kappa shape index (κ2) is 8.11. The standard InChI is InChI=1S/C11H20I2N2O2/c1-14(5-4-10(12)16)8-9-2-6-15(7-3-9)11(13)17/h9-10,16H,2-8H2,1H3. The monoisotopic (exact) mass is 466 g/mol. The molecule has 4 nitrogen and oxygen atoms in total. The van der Waals surface area contributed by atoms with Crippen LogP contribution in [0.2, 0.25) is 0 Å². The SMILES string of the molecule is CN(CCC(O)I)CC1CCN(C(=O)I)CC1. The highest BCUT2D eigenvalue weighted by Crippen LogP contribution is 2.19. The maximum atomic E-state index is 11.2. The summed E-state index contributed by atoms with van der Waals surface area (Å²) in [5.41, 5.74) is 0. The van der Waals surface area contributed by atoms with Gasteiger partial charge in [0.2, 0.25) is 0 Å². The van der Waals surface area contributed by atoms with E-state index in [1.165, 1.54) is 0 Å². The first kappa shape index (κ1) is 15.9. The maximum Gasteiger partial charge on any atom is 0.283 e. The number of halogens is 2. The fourth-order valence-corrected chi connectivity index (χ4v) is 2.91. The molecule has 0 aromatic heterocycles. The van der Waals surface area contributed by atoms with Gasteiger partial charge in [-0.25, -0.2) is 0 Å². The lowest BCUT2D eigenvalue weighted by atomic mass is 9.96. The van der Waals surface area contributed by atoms with Gasteiger partial charge in [0.25, 0.3) is 3.91 Å². The minimum absolute atomic E-state index is 0.169. The van der Waals surface area contributed by atoms with Crippen LogP contribution >= 0.6 is 45.2 Å². The van der Waals surface area contributed by atoms with E-state index in [0.29, 0.717) is 5.92 Å². The smallest absolute Gasteiger partial charge is 0.283 e. The molecule has 17 heavy (non-hydrogen) atoms. The zero-order valence-electron chi connectivity index (χ0n) is 10.1. The number of piperidine rings is 1. The average molecular weight is 466 g/mol. The van der Waals surface area contributed by atoms with Crippen molar-refractivity contribution in [2.24, 2.45) is 5.92 Å². The Bertz CT molecular complexity index is 244. The van der Waals surface area contributed by atoms with Crippen LogP contribution in [0.5, 0.6) is 0 Å². The molecule has 1 amide bonds. The Labute approximate surface area is 130 Å². The number of nitrogens with zero attached hydrogens (tertiary/aromatic N) is 2. The van der Waals surface area contributed by atoms with E-state index in [9.17, 15) is 9.90 Å². The third-order valence-corrected chi connectivity index (χ3v) is 4.49. The van der Waals surface area contributed by atoms with Crippen molar-refractivity contribution in [3.8, 4) is 0 Å². The van der Waals surface area contributed by atoms with Crippen LogP contribution in [0.15, 0.2) is 0 Å². The summed E-state index contributed by atoms with van der Waals surface area (Å²) in [6, 6.07) is 0. The molecule has 1 aliphatic heterocycles. The molecular formula is C11H20I2N2O2. The predicted octanol–water partition coefficient (Wildman–Crippen LogP) is 2.33. The zero-order valence-corrected chi connectivity index (χ0v) is 14.4. The first-order valence-corrected chi connectivity index (χ1v) is 8.26. The quantitative estimate of drug-likeness (QED) is 0.293. The van der Waals surface area contributed by atoms with Crippen molar-refractivity contribution in [3.63, 3.8) is 0 Å². The zero-order chi connectivity index (χ0) is 12.8. The van der Waals surface area contributed by atoms with Crippen LogP contribution < -0.4 is 0 Å². The highest BCUT2D eigenvalue weighted by atomic mass is 127. The number of carbonyl (C=O) groups excluding carboxylic acids is 1. The van der Waals surface area contributed by atoms with E-state index in [0.717, 1.165) is 45.4 Å². The highest BCUT2D eigenvalue weighted by Gasteiger charge is 2.22. The molecule has 0 bridgehead atoms. The lowest BCUT2D eigenvalue weighted by Crippen LogP contribution is -2.39. The number of aliphatic hydroxyl groups excluding tert-OH is 1. The number of alkyl halides is 1. The second-order valence-corrected chi connectivity index (χ2v) is 7.03. The van der Waals surface area contributed by atoms with Gasteiger partial charge in [0, 0.05) is 48.8 Å². The number of carbonyl (C=O) groups is 1. The number of hydrogen-bond acceptors (Lipinski definition) is 3. The molecular weight excluding hydrogens is 446 g/mol. The minimum Gasteiger partial charge on any atom is -0.383 e. The number of likely N-dealkylation sites (tertiary alicyclic amines) is 1. The Morgan fingerprint density at radius 3 is 2.59 bits per heavy atom. The van der Waals surface area contributed by atoms with Crippen LogP contribution in [0.3, 0.4) is 0 Å². The molecule has 1 unspecified atom stereocenters. The number of amides is 1. The van der Waals surface area contributed by atoms with E-state index in [1.807, 2.05) is 50.1 Å². The molecule has 1 N–H and O–H groups in total. The second-order valence-electron chi connectivity index (χ2n) is 4.67. The molecule has 0 aromatic rings. The van der Waals surface area contributed by atoms with Gasteiger partial charge >= 0.3 is 0 Å². The summed E-state index contributed by atoms with van der Waals surface area (Å²) in [5.74, 6) is 0.693. The van der Waals surface area contributed by atoms with Crippen molar-refractivity contribution in [2.75, 3.05) is 33.2 Å². The van der Waals surface area contributed by atoms with Crippen LogP contribution in [0.1, 0.15) is 19.3 Å². The molecule has 1 saturated heterocycles. The van der Waals surface area contributed by atoms with Crippen molar-refractivity contribution in [3.05, 3.63) is 0 Å². The molecule has 100 valence electrons. The summed E-state index contributed by atoms with van der Waals surface area (Å²) in [6.45, 7) is 3.81. The normalized spacial score (nSPS) is 19.7. The van der Waals surface area contributed by atoms with Crippen molar-refractivity contribution in [1.82, 2.24) is 9.80 Å². The Hall–Kier alpha value is 0.850. The molecule has 0 aromatic carbocycles. The Morgan fingerprint density at radius 1 is 1.53 bits per heavy atom. The molecule has 0 saturated carbocycles. The van der Waals surface area contributed by atoms with Crippen molar-refractivity contribution >= 4 is 49.1 Å². The third-order valence-electron chi connectivity index (χ3n) is 3.18. The van der Waals surface area contributed by atoms with Crippen molar-refractivity contribution < 1.29 is 9.90 Å². The first-order valence-electron chi connectivity index (χ1n) is 5.94. The Morgan fingerprint density at radius 2 is 2.12 bits per heavy atom. The number of hydrogen-bond donors (Lipinski definition) is 1. The molecule has 6 heteroatoms. The van der Waals surface area contributed by atoms with E-state index in [2.05, 4.69) is 11.9 Å². The molecule has 1 atom stereocenters. The van der Waals surface area contributed by atoms with E-state index >= 15 is 0 Å². The van der Waals surface area contributed by atoms with Crippen molar-refractivity contribution in [1.29, 1.82) is 0 Å². The topological polar surface area (TPSA) is 43.8 Å². The van der Waals surface area contributed by atoms with E-state index < -0.39 is 0 Å². The number of aliphatic hydroxyl groups is 1. The van der Waals surface area contributed by atoms with Gasteiger partial charge in [-0.05, 0) is 32.2 Å². The van der Waals surface area contributed by atoms with E-state index in [4.69, 9.17) is 0 Å². The van der Waals surface area contributed by atoms with Gasteiger partial charge in [-0.3, -0.25) is 4.79 Å². The summed E-state index contributed by atoms with van der Waals surface area (Å²) in [7, 11) is 2.11. The number of rotatable bonds is 5. The lowest BCUT2D eigenvalue weighted by molar-refractivity contribution is 0.165. The summed E-state index contributed by atoms with van der Waals surface area (Å²) in [5, 5.41) is 9.22. The lowest BCUT2D eigenvalue weighted by Gasteiger charge is -2.33. The predicted molar refractivity (Wildman–Crippen MR) is 85.9 cm³/mol. The molecule has 1 rings (SSSR count). The molecule has 0 spiro atoms. The van der Waals surface area contributed by atoms with Gasteiger partial charge in [-0.1, -0.05) is 22.6 Å². The first-order chi connectivity index (χ1) is 7.99. The van der Waals surface area contributed by atoms with Gasteiger partial charge in [-0.15, -0.1) is 0 Å². The van der Waals surface area contributed by atoms with Crippen LogP contribution in [0.4, 0.5) is 4.79 Å². The molecule has 0 radical (unpaired) electrons. The summed E-state index contributed by atoms with van der Waals surface area (Å²) in [4.78, 5) is 15.4. The Balaban J connectivity index is 2.19. The summed E-state index contributed by atoms with van der Waals surface area (Å²) >= 11 is 3.90. The van der Waals surface area contributed by atoms with E-state index in [-0.39, 0.29) is 8.02 Å². The fraction of sp³-hybridized carbons (Fsp3) is 0.909. The molecule has 1 fully saturated rings. The van der Waals surface area contributed by atoms with Gasteiger partial charge in [-0.2, -0.15) is 0 Å². The summed E-state index contributed by atoms with van der Waals surface area (Å²) in [6.07, 6.45) is 3.03. The van der Waals surface area contributed by atoms with Gasteiger partial charge < -0.3 is 14.9 Å². The molecule has 1 heterocycles. The van der Waals surface area contributed by atoms with Crippen LogP contribution in [0.25, 0.3) is 0 Å². The van der Waals surface area contributed by atoms with Crippen LogP contribution in [-0.2, 0) is 0 Å². The molecule has 1 aliphatic rings. The van der Waals surface area contributed by atoms with Gasteiger partial charge in [0.15, 0.2) is 0 Å². The fourth-order valence-electron chi connectivity index (χ4n) is 2.15. The van der Waals surface area contributed by atoms with Crippen LogP contribution in [-0.4, -0.2) is 56.2 Å². The van der Waals surface area contributed by atoms with Crippen LogP contribution in [0, 0.1) is 5.92 Å². The van der Waals surface area contributed by atoms with Crippen molar-refractivity contribution in [2.45, 2.75) is 23.4 Å². The third kappa shape index (κ3) is 6.53. The minimum atomic E-state index is -0.242. The highest BCUT2D eigenvalue weighted by molar-refractivity contribution is 14.1. The molecule has 0 aliphatic carbocycles. The maximum absolute atomic E-state index is 11.2. The summed E-state index contributed by atoms with van der Waals surface area (Å²) < 4.78 is -0.0732. The van der Waals surface area contributed by atoms with Gasteiger partial charge in [0.1, 0.15) is 4.11 Å². The Kier molecular flexibility index (Phi) is 7.59.